The van der Waals surface area contributed by atoms with Gasteiger partial charge < -0.3 is 5.32 Å². The maximum absolute atomic E-state index is 13.1. The monoisotopic (exact) mass is 392 g/mol. The highest BCUT2D eigenvalue weighted by molar-refractivity contribution is 9.11. The van der Waals surface area contributed by atoms with Crippen molar-refractivity contribution in [2.24, 2.45) is 0 Å². The van der Waals surface area contributed by atoms with Crippen molar-refractivity contribution in [3.63, 3.8) is 0 Å². The maximum atomic E-state index is 13.1. The van der Waals surface area contributed by atoms with Gasteiger partial charge in [0.05, 0.1) is 8.68 Å². The van der Waals surface area contributed by atoms with Crippen molar-refractivity contribution in [2.75, 3.05) is 13.1 Å². The molecule has 2 aliphatic heterocycles. The summed E-state index contributed by atoms with van der Waals surface area (Å²) in [6, 6.07) is 2.19. The molecule has 0 bridgehead atoms. The summed E-state index contributed by atoms with van der Waals surface area (Å²) in [5, 5.41) is 3.49. The molecule has 21 heavy (non-hydrogen) atoms. The van der Waals surface area contributed by atoms with Crippen molar-refractivity contribution >= 4 is 37.3 Å². The number of nitrogens with zero attached hydrogens (tertiary/aromatic N) is 1. The van der Waals surface area contributed by atoms with Gasteiger partial charge >= 0.3 is 0 Å². The Kier molecular flexibility index (Phi) is 4.76. The average Bonchev–Trinajstić information content (AvgIpc) is 3.08. The first-order chi connectivity index (χ1) is 10.00. The summed E-state index contributed by atoms with van der Waals surface area (Å²) in [7, 11) is -3.38. The largest absolute Gasteiger partial charge is 0.312 e. The van der Waals surface area contributed by atoms with Crippen LogP contribution in [0.15, 0.2) is 14.7 Å². The average molecular weight is 393 g/mol. The number of hydrogen-bond donors (Lipinski definition) is 1. The Morgan fingerprint density at radius 2 is 2.14 bits per heavy atom. The van der Waals surface area contributed by atoms with Gasteiger partial charge in [0.15, 0.2) is 0 Å². The zero-order valence-electron chi connectivity index (χ0n) is 12.1. The lowest BCUT2D eigenvalue weighted by Gasteiger charge is -2.38. The molecule has 0 spiro atoms. The van der Waals surface area contributed by atoms with Gasteiger partial charge in [-0.1, -0.05) is 6.42 Å². The number of nitrogens with one attached hydrogen (secondary N) is 1. The number of aryl methyl sites for hydroxylation is 1. The Hall–Kier alpha value is 0.0500. The van der Waals surface area contributed by atoms with Crippen LogP contribution >= 0.6 is 27.3 Å². The topological polar surface area (TPSA) is 49.4 Å². The van der Waals surface area contributed by atoms with Crippen LogP contribution in [0.2, 0.25) is 0 Å². The molecule has 0 aliphatic carbocycles. The summed E-state index contributed by atoms with van der Waals surface area (Å²) in [6.07, 6.45) is 5.30. The van der Waals surface area contributed by atoms with Crippen molar-refractivity contribution in [1.82, 2.24) is 9.62 Å². The Morgan fingerprint density at radius 1 is 1.33 bits per heavy atom. The molecule has 1 aromatic heterocycles. The molecule has 2 atom stereocenters. The molecule has 3 rings (SSSR count). The zero-order valence-corrected chi connectivity index (χ0v) is 15.4. The van der Waals surface area contributed by atoms with Crippen LogP contribution in [0.25, 0.3) is 0 Å². The number of sulfonamides is 1. The Labute approximate surface area is 139 Å². The van der Waals surface area contributed by atoms with Gasteiger partial charge in [0.2, 0.25) is 10.0 Å². The fourth-order valence-corrected chi connectivity index (χ4v) is 7.60. The Bertz CT molecular complexity index is 608. The second-order valence-corrected chi connectivity index (χ2v) is 10.3. The lowest BCUT2D eigenvalue weighted by Crippen LogP contribution is -2.52. The first-order valence-electron chi connectivity index (χ1n) is 7.51. The second-order valence-electron chi connectivity index (χ2n) is 5.85. The van der Waals surface area contributed by atoms with Crippen molar-refractivity contribution in [1.29, 1.82) is 0 Å². The minimum atomic E-state index is -3.38. The summed E-state index contributed by atoms with van der Waals surface area (Å²) >= 11 is 4.89. The van der Waals surface area contributed by atoms with E-state index < -0.39 is 10.0 Å². The molecule has 118 valence electrons. The minimum Gasteiger partial charge on any atom is -0.312 e. The molecule has 2 fully saturated rings. The highest BCUT2D eigenvalue weighted by atomic mass is 79.9. The van der Waals surface area contributed by atoms with Crippen molar-refractivity contribution in [3.8, 4) is 0 Å². The third-order valence-corrected chi connectivity index (χ3v) is 8.22. The predicted molar refractivity (Wildman–Crippen MR) is 89.3 cm³/mol. The Morgan fingerprint density at radius 3 is 2.76 bits per heavy atom. The molecule has 3 heterocycles. The van der Waals surface area contributed by atoms with Crippen LogP contribution in [0.4, 0.5) is 0 Å². The smallest absolute Gasteiger partial charge is 0.244 e. The molecule has 7 heteroatoms. The van der Waals surface area contributed by atoms with Crippen molar-refractivity contribution in [2.45, 2.75) is 56.0 Å². The van der Waals surface area contributed by atoms with Gasteiger partial charge in [-0.05, 0) is 61.1 Å². The summed E-state index contributed by atoms with van der Waals surface area (Å²) < 4.78 is 28.8. The fraction of sp³-hybridized carbons (Fsp3) is 0.714. The number of halogens is 1. The van der Waals surface area contributed by atoms with Gasteiger partial charge in [0.1, 0.15) is 0 Å². The predicted octanol–water partition coefficient (Wildman–Crippen LogP) is 3.11. The molecule has 1 N–H and O–H groups in total. The molecule has 0 radical (unpaired) electrons. The lowest BCUT2D eigenvalue weighted by atomic mass is 9.97. The van der Waals surface area contributed by atoms with Crippen LogP contribution in [-0.2, 0) is 10.0 Å². The SMILES string of the molecule is Cc1sc(Br)cc1S(=O)(=O)N1CCCCC1C1CCCN1. The molecular weight excluding hydrogens is 372 g/mol. The molecular formula is C14H21BrN2O2S2. The number of rotatable bonds is 3. The van der Waals surface area contributed by atoms with E-state index >= 15 is 0 Å². The molecule has 2 aliphatic rings. The minimum absolute atomic E-state index is 0.115. The molecule has 2 unspecified atom stereocenters. The molecule has 0 aromatic carbocycles. The third-order valence-electron chi connectivity index (χ3n) is 4.49. The second kappa shape index (κ2) is 6.28. The summed E-state index contributed by atoms with van der Waals surface area (Å²) in [6.45, 7) is 3.55. The van der Waals surface area contributed by atoms with Gasteiger partial charge in [0.25, 0.3) is 0 Å². The van der Waals surface area contributed by atoms with E-state index in [0.29, 0.717) is 17.5 Å². The van der Waals surface area contributed by atoms with Crippen LogP contribution in [0.5, 0.6) is 0 Å². The van der Waals surface area contributed by atoms with E-state index in [9.17, 15) is 8.42 Å². The van der Waals surface area contributed by atoms with E-state index in [1.165, 1.54) is 11.3 Å². The van der Waals surface area contributed by atoms with Gasteiger partial charge in [-0.25, -0.2) is 8.42 Å². The van der Waals surface area contributed by atoms with Crippen LogP contribution in [0.3, 0.4) is 0 Å². The quantitative estimate of drug-likeness (QED) is 0.859. The molecule has 0 saturated carbocycles. The van der Waals surface area contributed by atoms with E-state index in [1.807, 2.05) is 6.92 Å². The zero-order chi connectivity index (χ0) is 15.0. The summed E-state index contributed by atoms with van der Waals surface area (Å²) in [5.41, 5.74) is 0. The van der Waals surface area contributed by atoms with E-state index in [0.717, 1.165) is 47.3 Å². The molecule has 2 saturated heterocycles. The summed E-state index contributed by atoms with van der Waals surface area (Å²) in [5.74, 6) is 0. The normalized spacial score (nSPS) is 28.1. The van der Waals surface area contributed by atoms with Gasteiger partial charge in [-0.15, -0.1) is 11.3 Å². The first-order valence-corrected chi connectivity index (χ1v) is 10.6. The lowest BCUT2D eigenvalue weighted by molar-refractivity contribution is 0.211. The van der Waals surface area contributed by atoms with Gasteiger partial charge in [-0.2, -0.15) is 4.31 Å². The number of piperidine rings is 1. The maximum Gasteiger partial charge on any atom is 0.244 e. The van der Waals surface area contributed by atoms with E-state index in [2.05, 4.69) is 21.2 Å². The van der Waals surface area contributed by atoms with Crippen LogP contribution < -0.4 is 5.32 Å². The van der Waals surface area contributed by atoms with Crippen LogP contribution in [0.1, 0.15) is 37.0 Å². The van der Waals surface area contributed by atoms with Gasteiger partial charge in [0, 0.05) is 23.5 Å². The molecule has 1 aromatic rings. The molecule has 4 nitrogen and oxygen atoms in total. The summed E-state index contributed by atoms with van der Waals surface area (Å²) in [4.78, 5) is 1.34. The van der Waals surface area contributed by atoms with Crippen LogP contribution in [-0.4, -0.2) is 37.9 Å². The van der Waals surface area contributed by atoms with E-state index in [1.54, 1.807) is 10.4 Å². The highest BCUT2D eigenvalue weighted by Crippen LogP contribution is 2.35. The third kappa shape index (κ3) is 3.08. The standard InChI is InChI=1S/C14H21BrN2O2S2/c1-10-13(9-14(15)20-10)21(18,19)17-8-3-2-6-12(17)11-5-4-7-16-11/h9,11-12,16H,2-8H2,1H3. The fourth-order valence-electron chi connectivity index (χ4n) is 3.48. The number of hydrogen-bond acceptors (Lipinski definition) is 4. The first kappa shape index (κ1) is 15.9. The van der Waals surface area contributed by atoms with Gasteiger partial charge in [-0.3, -0.25) is 0 Å². The Balaban J connectivity index is 1.93. The highest BCUT2D eigenvalue weighted by Gasteiger charge is 2.39. The van der Waals surface area contributed by atoms with E-state index in [4.69, 9.17) is 0 Å². The van der Waals surface area contributed by atoms with Crippen LogP contribution in [0, 0.1) is 6.92 Å². The van der Waals surface area contributed by atoms with Crippen molar-refractivity contribution in [3.05, 3.63) is 14.7 Å². The van der Waals surface area contributed by atoms with E-state index in [-0.39, 0.29) is 6.04 Å². The molecule has 0 amide bonds. The van der Waals surface area contributed by atoms with Crippen molar-refractivity contribution < 1.29 is 8.42 Å². The number of thiophene rings is 1.